The molecule has 0 radical (unpaired) electrons. The third-order valence-corrected chi connectivity index (χ3v) is 4.93. The number of aromatic nitrogens is 1. The van der Waals surface area contributed by atoms with Crippen LogP contribution >= 0.6 is 11.3 Å². The Bertz CT molecular complexity index is 846. The molecular weight excluding hydrogens is 372 g/mol. The van der Waals surface area contributed by atoms with Gasteiger partial charge in [-0.1, -0.05) is 43.3 Å². The first kappa shape index (κ1) is 20.1. The van der Waals surface area contributed by atoms with E-state index in [1.807, 2.05) is 35.7 Å². The number of thiophene rings is 1. The van der Waals surface area contributed by atoms with Crippen molar-refractivity contribution < 1.29 is 9.15 Å². The first-order valence-corrected chi connectivity index (χ1v) is 10.2. The summed E-state index contributed by atoms with van der Waals surface area (Å²) in [5.74, 6) is 1.74. The molecule has 2 aromatic heterocycles. The van der Waals surface area contributed by atoms with E-state index in [2.05, 4.69) is 39.7 Å². The van der Waals surface area contributed by atoms with E-state index in [1.54, 1.807) is 24.6 Å². The summed E-state index contributed by atoms with van der Waals surface area (Å²) < 4.78 is 11.3. The predicted molar refractivity (Wildman–Crippen MR) is 113 cm³/mol. The Morgan fingerprint density at radius 1 is 1.21 bits per heavy atom. The molecule has 148 valence electrons. The van der Waals surface area contributed by atoms with Gasteiger partial charge in [-0.25, -0.2) is 4.98 Å². The van der Waals surface area contributed by atoms with Crippen LogP contribution in [-0.2, 0) is 17.9 Å². The van der Waals surface area contributed by atoms with E-state index in [4.69, 9.17) is 9.15 Å². The topological polar surface area (TPSA) is 71.7 Å². The number of guanidine groups is 1. The van der Waals surface area contributed by atoms with E-state index >= 15 is 0 Å². The second-order valence-electron chi connectivity index (χ2n) is 6.53. The predicted octanol–water partition coefficient (Wildman–Crippen LogP) is 3.92. The average molecular weight is 399 g/mol. The Morgan fingerprint density at radius 3 is 2.82 bits per heavy atom. The third-order valence-electron chi connectivity index (χ3n) is 4.08. The molecule has 1 atom stereocenters. The highest BCUT2D eigenvalue weighted by molar-refractivity contribution is 7.13. The van der Waals surface area contributed by atoms with Crippen LogP contribution in [0.4, 0.5) is 0 Å². The van der Waals surface area contributed by atoms with E-state index in [-0.39, 0.29) is 0 Å². The van der Waals surface area contributed by atoms with Crippen molar-refractivity contribution in [3.05, 3.63) is 65.4 Å². The minimum Gasteiger partial charge on any atom is -0.443 e. The van der Waals surface area contributed by atoms with Crippen LogP contribution in [0, 0.1) is 5.92 Å². The first-order valence-electron chi connectivity index (χ1n) is 9.29. The minimum atomic E-state index is 0.361. The summed E-state index contributed by atoms with van der Waals surface area (Å²) in [5, 5.41) is 8.59. The molecule has 28 heavy (non-hydrogen) atoms. The van der Waals surface area contributed by atoms with Gasteiger partial charge >= 0.3 is 0 Å². The van der Waals surface area contributed by atoms with Gasteiger partial charge in [0.05, 0.1) is 30.3 Å². The molecule has 0 bridgehead atoms. The highest BCUT2D eigenvalue weighted by Gasteiger charge is 2.09. The molecule has 0 aliphatic carbocycles. The van der Waals surface area contributed by atoms with Gasteiger partial charge in [0.15, 0.2) is 5.96 Å². The smallest absolute Gasteiger partial charge is 0.236 e. The molecule has 0 amide bonds. The van der Waals surface area contributed by atoms with E-state index in [1.165, 1.54) is 5.56 Å². The molecule has 0 fully saturated rings. The number of aliphatic imine (C=N–C) groups is 1. The molecule has 1 aromatic carbocycles. The second-order valence-corrected chi connectivity index (χ2v) is 7.48. The van der Waals surface area contributed by atoms with Gasteiger partial charge in [-0.2, -0.15) is 0 Å². The van der Waals surface area contributed by atoms with Gasteiger partial charge in [0.1, 0.15) is 6.26 Å². The van der Waals surface area contributed by atoms with Crippen molar-refractivity contribution in [3.8, 4) is 10.8 Å². The van der Waals surface area contributed by atoms with Crippen molar-refractivity contribution in [2.75, 3.05) is 20.2 Å². The van der Waals surface area contributed by atoms with Crippen molar-refractivity contribution >= 4 is 17.3 Å². The van der Waals surface area contributed by atoms with Crippen LogP contribution in [0.25, 0.3) is 10.8 Å². The molecule has 3 rings (SSSR count). The van der Waals surface area contributed by atoms with Crippen molar-refractivity contribution in [3.63, 3.8) is 0 Å². The minimum absolute atomic E-state index is 0.361. The van der Waals surface area contributed by atoms with Crippen LogP contribution < -0.4 is 10.6 Å². The molecule has 3 aromatic rings. The molecule has 0 aliphatic heterocycles. The Hall–Kier alpha value is -2.64. The molecule has 0 spiro atoms. The van der Waals surface area contributed by atoms with Crippen LogP contribution in [-0.4, -0.2) is 31.1 Å². The van der Waals surface area contributed by atoms with Gasteiger partial charge < -0.3 is 19.8 Å². The van der Waals surface area contributed by atoms with Crippen LogP contribution in [0.1, 0.15) is 18.2 Å². The number of hydrogen-bond donors (Lipinski definition) is 2. The number of oxazole rings is 1. The lowest BCUT2D eigenvalue weighted by Gasteiger charge is -2.16. The average Bonchev–Trinajstić information content (AvgIpc) is 3.41. The fourth-order valence-electron chi connectivity index (χ4n) is 2.58. The summed E-state index contributed by atoms with van der Waals surface area (Å²) in [6.07, 6.45) is 1.68. The summed E-state index contributed by atoms with van der Waals surface area (Å²) in [4.78, 5) is 9.78. The van der Waals surface area contributed by atoms with E-state index in [9.17, 15) is 0 Å². The van der Waals surface area contributed by atoms with Crippen LogP contribution in [0.15, 0.2) is 63.5 Å². The van der Waals surface area contributed by atoms with Gasteiger partial charge in [0.25, 0.3) is 0 Å². The van der Waals surface area contributed by atoms with Crippen molar-refractivity contribution in [2.24, 2.45) is 10.9 Å². The van der Waals surface area contributed by atoms with Crippen molar-refractivity contribution in [1.82, 2.24) is 15.6 Å². The Labute approximate surface area is 169 Å². The van der Waals surface area contributed by atoms with Gasteiger partial charge in [-0.15, -0.1) is 11.3 Å². The van der Waals surface area contributed by atoms with Gasteiger partial charge in [-0.05, 0) is 22.9 Å². The molecule has 6 nitrogen and oxygen atoms in total. The number of hydrogen-bond acceptors (Lipinski definition) is 5. The highest BCUT2D eigenvalue weighted by atomic mass is 32.1. The number of rotatable bonds is 9. The van der Waals surface area contributed by atoms with Gasteiger partial charge in [0, 0.05) is 13.6 Å². The van der Waals surface area contributed by atoms with E-state index in [0.29, 0.717) is 31.6 Å². The van der Waals surface area contributed by atoms with E-state index < -0.39 is 0 Å². The van der Waals surface area contributed by atoms with Crippen molar-refractivity contribution in [2.45, 2.75) is 20.1 Å². The number of ether oxygens (including phenoxy) is 1. The number of nitrogens with zero attached hydrogens (tertiary/aromatic N) is 2. The normalized spacial score (nSPS) is 12.7. The quantitative estimate of drug-likeness (QED) is 0.422. The summed E-state index contributed by atoms with van der Waals surface area (Å²) in [6.45, 7) is 4.79. The molecular formula is C21H26N4O2S. The molecule has 0 aliphatic rings. The number of benzene rings is 1. The Kier molecular flexibility index (Phi) is 7.63. The van der Waals surface area contributed by atoms with Crippen LogP contribution in [0.2, 0.25) is 0 Å². The molecule has 2 N–H and O–H groups in total. The standard InChI is InChI=1S/C21H26N4O2S/c1-16(13-26-14-17-7-4-3-5-8-17)11-23-21(22-2)24-12-18-15-27-20(25-18)19-9-6-10-28-19/h3-10,15-16H,11-14H2,1-2H3,(H2,22,23,24). The second kappa shape index (κ2) is 10.6. The highest BCUT2D eigenvalue weighted by Crippen LogP contribution is 2.23. The largest absolute Gasteiger partial charge is 0.443 e. The molecule has 0 saturated heterocycles. The lowest BCUT2D eigenvalue weighted by Crippen LogP contribution is -2.39. The third kappa shape index (κ3) is 6.21. The van der Waals surface area contributed by atoms with Gasteiger partial charge in [0.2, 0.25) is 5.89 Å². The zero-order chi connectivity index (χ0) is 19.6. The molecule has 2 heterocycles. The monoisotopic (exact) mass is 398 g/mol. The molecule has 0 saturated carbocycles. The SMILES string of the molecule is CN=C(NCc1coc(-c2cccs2)n1)NCC(C)COCc1ccccc1. The van der Waals surface area contributed by atoms with Crippen LogP contribution in [0.5, 0.6) is 0 Å². The lowest BCUT2D eigenvalue weighted by molar-refractivity contribution is 0.0931. The van der Waals surface area contributed by atoms with Crippen molar-refractivity contribution in [1.29, 1.82) is 0 Å². The van der Waals surface area contributed by atoms with E-state index in [0.717, 1.165) is 23.1 Å². The molecule has 7 heteroatoms. The summed E-state index contributed by atoms with van der Waals surface area (Å²) in [5.41, 5.74) is 2.03. The zero-order valence-electron chi connectivity index (χ0n) is 16.2. The lowest BCUT2D eigenvalue weighted by atomic mass is 10.2. The fraction of sp³-hybridized carbons (Fsp3) is 0.333. The van der Waals surface area contributed by atoms with Gasteiger partial charge in [-0.3, -0.25) is 4.99 Å². The van der Waals surface area contributed by atoms with Crippen LogP contribution in [0.3, 0.4) is 0 Å². The Balaban J connectivity index is 1.36. The number of nitrogens with one attached hydrogen (secondary N) is 2. The zero-order valence-corrected chi connectivity index (χ0v) is 17.0. The molecule has 1 unspecified atom stereocenters. The maximum atomic E-state index is 5.79. The maximum Gasteiger partial charge on any atom is 0.236 e. The summed E-state index contributed by atoms with van der Waals surface area (Å²) in [7, 11) is 1.76. The Morgan fingerprint density at radius 2 is 2.07 bits per heavy atom. The summed E-state index contributed by atoms with van der Waals surface area (Å²) in [6, 6.07) is 14.2. The fourth-order valence-corrected chi connectivity index (χ4v) is 3.23. The first-order chi connectivity index (χ1) is 13.7. The summed E-state index contributed by atoms with van der Waals surface area (Å²) >= 11 is 1.61. The maximum absolute atomic E-state index is 5.79.